The third-order valence-electron chi connectivity index (χ3n) is 2.37. The molecular weight excluding hydrogens is 256 g/mol. The monoisotopic (exact) mass is 272 g/mol. The van der Waals surface area contributed by atoms with Crippen molar-refractivity contribution in [3.05, 3.63) is 23.7 Å². The van der Waals surface area contributed by atoms with Crippen molar-refractivity contribution < 1.29 is 13.9 Å². The van der Waals surface area contributed by atoms with Gasteiger partial charge in [0.25, 0.3) is 0 Å². The topological polar surface area (TPSA) is 39.4 Å². The van der Waals surface area contributed by atoms with Crippen molar-refractivity contribution in [1.29, 1.82) is 0 Å². The summed E-state index contributed by atoms with van der Waals surface area (Å²) in [5.74, 6) is 3.82. The molecule has 1 fully saturated rings. The highest BCUT2D eigenvalue weighted by Crippen LogP contribution is 2.44. The number of esters is 1. The minimum absolute atomic E-state index is 0.225. The quantitative estimate of drug-likeness (QED) is 0.787. The van der Waals surface area contributed by atoms with Crippen LogP contribution in [-0.2, 0) is 16.0 Å². The number of hydrogen-bond acceptors (Lipinski definition) is 5. The molecule has 0 bridgehead atoms. The summed E-state index contributed by atoms with van der Waals surface area (Å²) in [6, 6.07) is 3.85. The molecule has 0 unspecified atom stereocenters. The van der Waals surface area contributed by atoms with Gasteiger partial charge in [0, 0.05) is 0 Å². The van der Waals surface area contributed by atoms with Gasteiger partial charge in [-0.05, 0) is 37.0 Å². The van der Waals surface area contributed by atoms with E-state index in [-0.39, 0.29) is 12.4 Å². The molecule has 0 spiro atoms. The van der Waals surface area contributed by atoms with Crippen molar-refractivity contribution in [3.8, 4) is 0 Å². The Bertz CT molecular complexity index is 370. The first kappa shape index (κ1) is 12.9. The lowest BCUT2D eigenvalue weighted by Gasteiger charge is -2.18. The normalized spacial score (nSPS) is 17.0. The van der Waals surface area contributed by atoms with Gasteiger partial charge in [-0.15, -0.1) is 23.5 Å². The summed E-state index contributed by atoms with van der Waals surface area (Å²) in [6.07, 6.45) is 1.50. The van der Waals surface area contributed by atoms with Crippen LogP contribution < -0.4 is 0 Å². The smallest absolute Gasteiger partial charge is 0.313 e. The highest BCUT2D eigenvalue weighted by atomic mass is 32.2. The minimum atomic E-state index is -0.225. The van der Waals surface area contributed by atoms with E-state index in [9.17, 15) is 4.79 Å². The van der Waals surface area contributed by atoms with Gasteiger partial charge in [0.05, 0.1) is 6.61 Å². The van der Waals surface area contributed by atoms with Crippen LogP contribution in [0.4, 0.5) is 0 Å². The summed E-state index contributed by atoms with van der Waals surface area (Å²) >= 11 is 3.82. The summed E-state index contributed by atoms with van der Waals surface area (Å²) in [6.45, 7) is 2.22. The van der Waals surface area contributed by atoms with Crippen molar-refractivity contribution in [2.24, 2.45) is 0 Å². The number of rotatable bonds is 4. The summed E-state index contributed by atoms with van der Waals surface area (Å²) < 4.78 is 11.0. The number of ether oxygens (including phenoxy) is 1. The zero-order valence-electron chi connectivity index (χ0n) is 9.81. The average Bonchev–Trinajstić information content (AvgIpc) is 2.79. The molecule has 17 heavy (non-hydrogen) atoms. The van der Waals surface area contributed by atoms with E-state index in [0.29, 0.717) is 16.9 Å². The lowest BCUT2D eigenvalue weighted by molar-refractivity contribution is -0.142. The molecule has 0 amide bonds. The molecule has 2 rings (SSSR count). The maximum Gasteiger partial charge on any atom is 0.313 e. The van der Waals surface area contributed by atoms with Crippen LogP contribution in [0, 0.1) is 0 Å². The number of furan rings is 1. The van der Waals surface area contributed by atoms with Gasteiger partial charge in [-0.25, -0.2) is 0 Å². The van der Waals surface area contributed by atoms with Crippen LogP contribution in [0.25, 0.3) is 0 Å². The van der Waals surface area contributed by atoms with Crippen LogP contribution in [0.5, 0.6) is 0 Å². The van der Waals surface area contributed by atoms with E-state index in [1.165, 1.54) is 17.9 Å². The molecule has 1 saturated heterocycles. The van der Waals surface area contributed by atoms with E-state index in [1.54, 1.807) is 6.92 Å². The summed E-state index contributed by atoms with van der Waals surface area (Å²) in [7, 11) is 0. The highest BCUT2D eigenvalue weighted by molar-refractivity contribution is 8.16. The Kier molecular flexibility index (Phi) is 4.86. The third kappa shape index (κ3) is 3.71. The minimum Gasteiger partial charge on any atom is -0.466 e. The second kappa shape index (κ2) is 6.40. The molecule has 0 aromatic carbocycles. The van der Waals surface area contributed by atoms with E-state index in [1.807, 2.05) is 35.7 Å². The molecular formula is C12H16O3S2. The molecule has 1 aromatic rings. The van der Waals surface area contributed by atoms with E-state index >= 15 is 0 Å². The molecule has 0 radical (unpaired) electrons. The predicted octanol–water partition coefficient (Wildman–Crippen LogP) is 3.25. The maximum atomic E-state index is 11.3. The molecule has 0 N–H and O–H groups in total. The van der Waals surface area contributed by atoms with Crippen LogP contribution in [0.2, 0.25) is 0 Å². The Morgan fingerprint density at radius 1 is 1.47 bits per heavy atom. The van der Waals surface area contributed by atoms with Crippen LogP contribution >= 0.6 is 23.5 Å². The fourth-order valence-electron chi connectivity index (χ4n) is 1.62. The van der Waals surface area contributed by atoms with Crippen LogP contribution in [0.15, 0.2) is 16.5 Å². The summed E-state index contributed by atoms with van der Waals surface area (Å²) in [5, 5.41) is 0. The highest BCUT2D eigenvalue weighted by Gasteiger charge is 2.20. The van der Waals surface area contributed by atoms with Gasteiger partial charge in [-0.3, -0.25) is 4.79 Å². The second-order valence-electron chi connectivity index (χ2n) is 3.71. The molecule has 3 nitrogen and oxygen atoms in total. The maximum absolute atomic E-state index is 11.3. The zero-order chi connectivity index (χ0) is 12.1. The van der Waals surface area contributed by atoms with Gasteiger partial charge in [-0.1, -0.05) is 0 Å². The zero-order valence-corrected chi connectivity index (χ0v) is 11.4. The second-order valence-corrected chi connectivity index (χ2v) is 6.44. The standard InChI is InChI=1S/C12H16O3S2/c1-2-14-11(13)8-9-4-5-10(15-9)12-16-6-3-7-17-12/h4-5,12H,2-3,6-8H2,1H3. The van der Waals surface area contributed by atoms with Gasteiger partial charge in [-0.2, -0.15) is 0 Å². The van der Waals surface area contributed by atoms with Crippen LogP contribution in [0.3, 0.4) is 0 Å². The summed E-state index contributed by atoms with van der Waals surface area (Å²) in [4.78, 5) is 11.3. The lowest BCUT2D eigenvalue weighted by atomic mass is 10.3. The van der Waals surface area contributed by atoms with E-state index in [2.05, 4.69) is 0 Å². The molecule has 94 valence electrons. The Balaban J connectivity index is 1.93. The van der Waals surface area contributed by atoms with Crippen molar-refractivity contribution in [2.75, 3.05) is 18.1 Å². The van der Waals surface area contributed by atoms with Crippen molar-refractivity contribution in [3.63, 3.8) is 0 Å². The van der Waals surface area contributed by atoms with E-state index < -0.39 is 0 Å². The molecule has 1 aliphatic rings. The van der Waals surface area contributed by atoms with Crippen LogP contribution in [0.1, 0.15) is 29.4 Å². The Labute approximate surface area is 110 Å². The number of hydrogen-bond donors (Lipinski definition) is 0. The predicted molar refractivity (Wildman–Crippen MR) is 71.3 cm³/mol. The number of thioether (sulfide) groups is 2. The molecule has 1 aliphatic heterocycles. The van der Waals surface area contributed by atoms with Crippen molar-refractivity contribution in [2.45, 2.75) is 24.3 Å². The van der Waals surface area contributed by atoms with Crippen LogP contribution in [-0.4, -0.2) is 24.1 Å². The van der Waals surface area contributed by atoms with Crippen molar-refractivity contribution >= 4 is 29.5 Å². The average molecular weight is 272 g/mol. The first-order chi connectivity index (χ1) is 8.29. The van der Waals surface area contributed by atoms with Gasteiger partial charge >= 0.3 is 5.97 Å². The number of carbonyl (C=O) groups is 1. The largest absolute Gasteiger partial charge is 0.466 e. The van der Waals surface area contributed by atoms with Crippen molar-refractivity contribution in [1.82, 2.24) is 0 Å². The fourth-order valence-corrected chi connectivity index (χ4v) is 4.40. The van der Waals surface area contributed by atoms with Gasteiger partial charge in [0.15, 0.2) is 0 Å². The Hall–Kier alpha value is -0.550. The fraction of sp³-hybridized carbons (Fsp3) is 0.583. The molecule has 0 aliphatic carbocycles. The molecule has 0 saturated carbocycles. The molecule has 5 heteroatoms. The molecule has 2 heterocycles. The van der Waals surface area contributed by atoms with Gasteiger partial charge < -0.3 is 9.15 Å². The Morgan fingerprint density at radius 2 is 2.24 bits per heavy atom. The Morgan fingerprint density at radius 3 is 2.94 bits per heavy atom. The molecule has 0 atom stereocenters. The number of carbonyl (C=O) groups excluding carboxylic acids is 1. The molecule has 1 aromatic heterocycles. The first-order valence-corrected chi connectivity index (χ1v) is 7.87. The van der Waals surface area contributed by atoms with E-state index in [0.717, 1.165) is 5.76 Å². The SMILES string of the molecule is CCOC(=O)Cc1ccc(C2SCCCS2)o1. The van der Waals surface area contributed by atoms with Gasteiger partial charge in [0.1, 0.15) is 22.5 Å². The lowest BCUT2D eigenvalue weighted by Crippen LogP contribution is -2.06. The first-order valence-electron chi connectivity index (χ1n) is 5.77. The summed E-state index contributed by atoms with van der Waals surface area (Å²) in [5.41, 5.74) is 0. The third-order valence-corrected chi connectivity index (χ3v) is 5.30. The van der Waals surface area contributed by atoms with Gasteiger partial charge in [0.2, 0.25) is 0 Å². The van der Waals surface area contributed by atoms with E-state index in [4.69, 9.17) is 9.15 Å².